The van der Waals surface area contributed by atoms with Crippen LogP contribution in [0.5, 0.6) is 0 Å². The van der Waals surface area contributed by atoms with Crippen molar-refractivity contribution in [3.05, 3.63) is 78.7 Å². The molecule has 0 saturated heterocycles. The number of fused-ring (bicyclic) bond motifs is 2. The van der Waals surface area contributed by atoms with E-state index in [-0.39, 0.29) is 30.9 Å². The Labute approximate surface area is 186 Å². The van der Waals surface area contributed by atoms with Crippen LogP contribution in [0.25, 0.3) is 0 Å². The smallest absolute Gasteiger partial charge is 0.146 e. The molecule has 2 heterocycles. The molecular formula is C24H24IrN4-2. The van der Waals surface area contributed by atoms with Gasteiger partial charge in [0.1, 0.15) is 11.6 Å². The van der Waals surface area contributed by atoms with Gasteiger partial charge in [-0.25, -0.2) is 9.97 Å². The van der Waals surface area contributed by atoms with Crippen LogP contribution in [0.15, 0.2) is 54.6 Å². The molecule has 2 aliphatic rings. The van der Waals surface area contributed by atoms with Gasteiger partial charge in [-0.2, -0.15) is 30.3 Å². The van der Waals surface area contributed by atoms with Gasteiger partial charge < -0.3 is 9.80 Å². The van der Waals surface area contributed by atoms with Crippen LogP contribution in [0.4, 0.5) is 23.0 Å². The fraction of sp³-hybridized carbons (Fsp3) is 0.292. The number of para-hydroxylation sites is 2. The van der Waals surface area contributed by atoms with Crippen molar-refractivity contribution < 1.29 is 20.1 Å². The molecule has 0 spiro atoms. The molecule has 0 fully saturated rings. The van der Waals surface area contributed by atoms with Gasteiger partial charge in [0.05, 0.1) is 11.4 Å². The average Bonchev–Trinajstić information content (AvgIpc) is 3.14. The zero-order valence-corrected chi connectivity index (χ0v) is 19.5. The maximum Gasteiger partial charge on any atom is 0.146 e. The van der Waals surface area contributed by atoms with Gasteiger partial charge in [0.25, 0.3) is 0 Å². The van der Waals surface area contributed by atoms with E-state index in [1.807, 2.05) is 36.4 Å². The molecule has 151 valence electrons. The largest absolute Gasteiger partial charge is 0.477 e. The van der Waals surface area contributed by atoms with Crippen LogP contribution in [-0.2, 0) is 30.9 Å². The molecule has 1 radical (unpaired) electrons. The second-order valence-corrected chi connectivity index (χ2v) is 8.95. The zero-order valence-electron chi connectivity index (χ0n) is 17.1. The number of nitrogens with zero attached hydrogens (tertiary/aromatic N) is 4. The molecule has 0 atom stereocenters. The van der Waals surface area contributed by atoms with Gasteiger partial charge >= 0.3 is 0 Å². The molecule has 1 aromatic heterocycles. The molecule has 0 bridgehead atoms. The molecule has 5 heteroatoms. The van der Waals surface area contributed by atoms with Crippen molar-refractivity contribution in [1.29, 1.82) is 0 Å². The van der Waals surface area contributed by atoms with Crippen molar-refractivity contribution in [3.63, 3.8) is 0 Å². The molecule has 0 N–H and O–H groups in total. The molecule has 0 amide bonds. The summed E-state index contributed by atoms with van der Waals surface area (Å²) in [6, 6.07) is 21.7. The van der Waals surface area contributed by atoms with Gasteiger partial charge in [-0.05, 0) is 18.6 Å². The van der Waals surface area contributed by atoms with Crippen molar-refractivity contribution in [3.8, 4) is 0 Å². The van der Waals surface area contributed by atoms with E-state index >= 15 is 0 Å². The molecule has 4 nitrogen and oxygen atoms in total. The summed E-state index contributed by atoms with van der Waals surface area (Å²) in [5.41, 5.74) is 4.28. The predicted molar refractivity (Wildman–Crippen MR) is 113 cm³/mol. The second-order valence-electron chi connectivity index (χ2n) is 8.95. The Morgan fingerprint density at radius 2 is 1.41 bits per heavy atom. The van der Waals surface area contributed by atoms with Gasteiger partial charge in [0.15, 0.2) is 0 Å². The number of aromatic nitrogens is 2. The Hall–Kier alpha value is -2.23. The van der Waals surface area contributed by atoms with Crippen LogP contribution in [0.1, 0.15) is 45.5 Å². The maximum atomic E-state index is 5.19. The van der Waals surface area contributed by atoms with Gasteiger partial charge in [0, 0.05) is 36.6 Å². The van der Waals surface area contributed by atoms with Crippen molar-refractivity contribution in [2.45, 2.75) is 44.9 Å². The summed E-state index contributed by atoms with van der Waals surface area (Å²) in [5, 5.41) is 0. The first-order valence-corrected chi connectivity index (χ1v) is 9.75. The van der Waals surface area contributed by atoms with E-state index in [0.717, 1.165) is 40.8 Å². The normalized spacial score (nSPS) is 18.2. The molecule has 2 aromatic carbocycles. The van der Waals surface area contributed by atoms with Gasteiger partial charge in [-0.3, -0.25) is 0 Å². The third kappa shape index (κ3) is 3.17. The van der Waals surface area contributed by atoms with E-state index < -0.39 is 0 Å². The van der Waals surface area contributed by atoms with E-state index in [1.165, 1.54) is 0 Å². The summed E-state index contributed by atoms with van der Waals surface area (Å²) in [4.78, 5) is 14.6. The molecule has 5 rings (SSSR count). The van der Waals surface area contributed by atoms with Gasteiger partial charge in [-0.1, -0.05) is 45.9 Å². The quantitative estimate of drug-likeness (QED) is 0.380. The van der Waals surface area contributed by atoms with E-state index in [2.05, 4.69) is 68.4 Å². The number of hydrogen-bond acceptors (Lipinski definition) is 4. The molecule has 0 unspecified atom stereocenters. The Kier molecular flexibility index (Phi) is 4.79. The zero-order chi connectivity index (χ0) is 19.5. The van der Waals surface area contributed by atoms with Crippen LogP contribution in [-0.4, -0.2) is 9.97 Å². The standard InChI is InChI=1S/C24H24N4.Ir/c1-23(2)15-24(3,4)20-19(23)25-21-22(26-20)28(18-13-9-6-10-14-18)16-27(21)17-11-7-5-8-12-17;/h5-13,16H,15H2,1-4H3;/q-2;. The van der Waals surface area contributed by atoms with Crippen molar-refractivity contribution >= 4 is 23.0 Å². The van der Waals surface area contributed by atoms with Crippen molar-refractivity contribution in [2.24, 2.45) is 0 Å². The van der Waals surface area contributed by atoms with E-state index in [0.29, 0.717) is 0 Å². The fourth-order valence-corrected chi connectivity index (χ4v) is 4.67. The summed E-state index contributed by atoms with van der Waals surface area (Å²) >= 11 is 0. The van der Waals surface area contributed by atoms with Crippen molar-refractivity contribution in [2.75, 3.05) is 9.80 Å². The summed E-state index contributed by atoms with van der Waals surface area (Å²) in [7, 11) is 0. The number of hydrogen-bond donors (Lipinski definition) is 0. The number of anilines is 4. The molecule has 0 saturated carbocycles. The minimum atomic E-state index is 0. The summed E-state index contributed by atoms with van der Waals surface area (Å²) in [5.74, 6) is 1.75. The molecule has 29 heavy (non-hydrogen) atoms. The third-order valence-corrected chi connectivity index (χ3v) is 5.70. The Bertz CT molecular complexity index is 949. The van der Waals surface area contributed by atoms with Gasteiger partial charge in [0.2, 0.25) is 0 Å². The minimum absolute atomic E-state index is 0. The monoisotopic (exact) mass is 561 g/mol. The topological polar surface area (TPSA) is 32.3 Å². The van der Waals surface area contributed by atoms with Crippen LogP contribution in [0.2, 0.25) is 0 Å². The molecule has 1 aliphatic carbocycles. The second kappa shape index (κ2) is 6.93. The Balaban J connectivity index is 0.00000205. The summed E-state index contributed by atoms with van der Waals surface area (Å²) in [6.07, 6.45) is 1.05. The fourth-order valence-electron chi connectivity index (χ4n) is 4.67. The van der Waals surface area contributed by atoms with Crippen LogP contribution in [0, 0.1) is 12.7 Å². The van der Waals surface area contributed by atoms with Crippen LogP contribution < -0.4 is 9.80 Å². The summed E-state index contributed by atoms with van der Waals surface area (Å²) < 4.78 is 0. The Morgan fingerprint density at radius 1 is 0.828 bits per heavy atom. The molecular weight excluding hydrogens is 537 g/mol. The molecule has 3 aromatic rings. The van der Waals surface area contributed by atoms with E-state index in [1.54, 1.807) is 0 Å². The molecule has 1 aliphatic heterocycles. The van der Waals surface area contributed by atoms with Gasteiger partial charge in [-0.15, -0.1) is 12.4 Å². The SMILES string of the molecule is CC1(C)CC(C)(C)c2nc3c(nc21)N(c1[c-]cccc1)[CH-]N3c1ccccc1.[Ir]. The van der Waals surface area contributed by atoms with E-state index in [9.17, 15) is 0 Å². The van der Waals surface area contributed by atoms with E-state index in [4.69, 9.17) is 9.97 Å². The number of benzene rings is 2. The third-order valence-electron chi connectivity index (χ3n) is 5.70. The number of rotatable bonds is 2. The van der Waals surface area contributed by atoms with Crippen LogP contribution >= 0.6 is 0 Å². The first-order valence-electron chi connectivity index (χ1n) is 9.75. The minimum Gasteiger partial charge on any atom is -0.477 e. The average molecular weight is 561 g/mol. The van der Waals surface area contributed by atoms with Crippen molar-refractivity contribution in [1.82, 2.24) is 9.97 Å². The van der Waals surface area contributed by atoms with Crippen LogP contribution in [0.3, 0.4) is 0 Å². The summed E-state index contributed by atoms with van der Waals surface area (Å²) in [6.45, 7) is 11.2. The predicted octanol–water partition coefficient (Wildman–Crippen LogP) is 5.64. The first kappa shape index (κ1) is 20.1. The maximum absolute atomic E-state index is 5.19. The Morgan fingerprint density at radius 3 is 2.00 bits per heavy atom. The first-order chi connectivity index (χ1) is 13.4.